The van der Waals surface area contributed by atoms with Gasteiger partial charge >= 0.3 is 5.97 Å². The SMILES string of the molecule is O=C(O)c1cnnn1-c1cc(Br)c(F)cc1F. The minimum absolute atomic E-state index is 0.000684. The molecule has 0 aliphatic rings. The first-order chi connectivity index (χ1) is 8.00. The van der Waals surface area contributed by atoms with Gasteiger partial charge in [0.2, 0.25) is 0 Å². The van der Waals surface area contributed by atoms with Crippen LogP contribution in [-0.2, 0) is 0 Å². The van der Waals surface area contributed by atoms with Crippen molar-refractivity contribution in [3.8, 4) is 5.69 Å². The minimum Gasteiger partial charge on any atom is -0.476 e. The van der Waals surface area contributed by atoms with Crippen molar-refractivity contribution in [2.24, 2.45) is 0 Å². The Morgan fingerprint density at radius 1 is 1.35 bits per heavy atom. The summed E-state index contributed by atoms with van der Waals surface area (Å²) in [6.45, 7) is 0. The molecule has 0 saturated carbocycles. The summed E-state index contributed by atoms with van der Waals surface area (Å²) >= 11 is 2.88. The number of aromatic nitrogens is 3. The van der Waals surface area contributed by atoms with Crippen LogP contribution in [0.1, 0.15) is 10.5 Å². The molecular formula is C9H4BrF2N3O2. The molecule has 5 nitrogen and oxygen atoms in total. The molecule has 1 aromatic heterocycles. The zero-order valence-corrected chi connectivity index (χ0v) is 9.65. The van der Waals surface area contributed by atoms with E-state index >= 15 is 0 Å². The number of hydrogen-bond donors (Lipinski definition) is 1. The number of hydrogen-bond acceptors (Lipinski definition) is 3. The fourth-order valence-electron chi connectivity index (χ4n) is 1.23. The van der Waals surface area contributed by atoms with E-state index < -0.39 is 17.6 Å². The number of carbonyl (C=O) groups is 1. The van der Waals surface area contributed by atoms with Crippen LogP contribution >= 0.6 is 15.9 Å². The van der Waals surface area contributed by atoms with E-state index in [9.17, 15) is 13.6 Å². The number of carboxylic acids is 1. The second-order valence-corrected chi connectivity index (χ2v) is 3.91. The van der Waals surface area contributed by atoms with Crippen molar-refractivity contribution in [1.82, 2.24) is 15.0 Å². The molecule has 0 spiro atoms. The summed E-state index contributed by atoms with van der Waals surface area (Å²) < 4.78 is 27.3. The molecule has 0 aliphatic carbocycles. The zero-order valence-electron chi connectivity index (χ0n) is 8.06. The second-order valence-electron chi connectivity index (χ2n) is 3.05. The smallest absolute Gasteiger partial charge is 0.356 e. The van der Waals surface area contributed by atoms with Crippen LogP contribution in [-0.4, -0.2) is 26.1 Å². The minimum atomic E-state index is -1.31. The maximum absolute atomic E-state index is 13.5. The van der Waals surface area contributed by atoms with Crippen LogP contribution in [0.25, 0.3) is 5.69 Å². The molecule has 0 radical (unpaired) electrons. The van der Waals surface area contributed by atoms with E-state index in [1.54, 1.807) is 0 Å². The van der Waals surface area contributed by atoms with Gasteiger partial charge in [0, 0.05) is 6.07 Å². The topological polar surface area (TPSA) is 68.0 Å². The van der Waals surface area contributed by atoms with Gasteiger partial charge in [-0.05, 0) is 22.0 Å². The molecule has 0 unspecified atom stereocenters. The lowest BCUT2D eigenvalue weighted by atomic mass is 10.3. The standard InChI is InChI=1S/C9H4BrF2N3O2/c10-4-1-7(6(12)2-5(4)11)15-8(9(16)17)3-13-14-15/h1-3H,(H,16,17). The lowest BCUT2D eigenvalue weighted by Crippen LogP contribution is -2.10. The van der Waals surface area contributed by atoms with Crippen molar-refractivity contribution in [1.29, 1.82) is 0 Å². The number of benzene rings is 1. The van der Waals surface area contributed by atoms with Crippen molar-refractivity contribution in [3.63, 3.8) is 0 Å². The van der Waals surface area contributed by atoms with Gasteiger partial charge < -0.3 is 5.11 Å². The Hall–Kier alpha value is -1.83. The lowest BCUT2D eigenvalue weighted by molar-refractivity contribution is 0.0687. The monoisotopic (exact) mass is 303 g/mol. The first-order valence-electron chi connectivity index (χ1n) is 4.29. The van der Waals surface area contributed by atoms with E-state index in [0.29, 0.717) is 6.07 Å². The van der Waals surface area contributed by atoms with Gasteiger partial charge in [-0.2, -0.15) is 0 Å². The van der Waals surface area contributed by atoms with Crippen molar-refractivity contribution < 1.29 is 18.7 Å². The Labute approximate surface area is 102 Å². The van der Waals surface area contributed by atoms with E-state index in [2.05, 4.69) is 26.2 Å². The van der Waals surface area contributed by atoms with Gasteiger partial charge in [0.1, 0.15) is 11.5 Å². The van der Waals surface area contributed by atoms with Gasteiger partial charge in [-0.25, -0.2) is 18.3 Å². The quantitative estimate of drug-likeness (QED) is 0.862. The van der Waals surface area contributed by atoms with Crippen LogP contribution in [0.2, 0.25) is 0 Å². The molecule has 8 heteroatoms. The fourth-order valence-corrected chi connectivity index (χ4v) is 1.56. The molecule has 88 valence electrons. The fraction of sp³-hybridized carbons (Fsp3) is 0. The Bertz CT molecular complexity index is 600. The van der Waals surface area contributed by atoms with Crippen molar-refractivity contribution >= 4 is 21.9 Å². The van der Waals surface area contributed by atoms with E-state index in [4.69, 9.17) is 5.11 Å². The Morgan fingerprint density at radius 3 is 2.71 bits per heavy atom. The zero-order chi connectivity index (χ0) is 12.6. The average Bonchev–Trinajstić information content (AvgIpc) is 2.72. The van der Waals surface area contributed by atoms with E-state index in [0.717, 1.165) is 16.9 Å². The number of carboxylic acid groups (broad SMARTS) is 1. The molecule has 0 fully saturated rings. The molecule has 0 bridgehead atoms. The molecule has 2 aromatic rings. The van der Waals surface area contributed by atoms with E-state index in [1.807, 2.05) is 0 Å². The largest absolute Gasteiger partial charge is 0.476 e. The van der Waals surface area contributed by atoms with Crippen LogP contribution in [0.5, 0.6) is 0 Å². The molecule has 0 saturated heterocycles. The van der Waals surface area contributed by atoms with Crippen molar-refractivity contribution in [2.45, 2.75) is 0 Å². The van der Waals surface area contributed by atoms with Crippen LogP contribution in [0, 0.1) is 11.6 Å². The normalized spacial score (nSPS) is 10.5. The number of halogens is 3. The lowest BCUT2D eigenvalue weighted by Gasteiger charge is -2.05. The number of aromatic carboxylic acids is 1. The molecule has 0 aliphatic heterocycles. The molecule has 1 aromatic carbocycles. The molecule has 1 N–H and O–H groups in total. The summed E-state index contributed by atoms with van der Waals surface area (Å²) in [6, 6.07) is 1.72. The van der Waals surface area contributed by atoms with Gasteiger partial charge in [-0.15, -0.1) is 5.10 Å². The van der Waals surface area contributed by atoms with Crippen LogP contribution in [0.15, 0.2) is 22.8 Å². The van der Waals surface area contributed by atoms with Crippen molar-refractivity contribution in [3.05, 3.63) is 40.1 Å². The molecule has 2 rings (SSSR count). The third-order valence-electron chi connectivity index (χ3n) is 1.99. The summed E-state index contributed by atoms with van der Waals surface area (Å²) in [5.41, 5.74) is -0.518. The van der Waals surface area contributed by atoms with Crippen molar-refractivity contribution in [2.75, 3.05) is 0 Å². The highest BCUT2D eigenvalue weighted by atomic mass is 79.9. The molecule has 1 heterocycles. The highest BCUT2D eigenvalue weighted by Crippen LogP contribution is 2.23. The van der Waals surface area contributed by atoms with E-state index in [1.165, 1.54) is 0 Å². The number of rotatable bonds is 2. The van der Waals surface area contributed by atoms with Gasteiger partial charge in [0.25, 0.3) is 0 Å². The van der Waals surface area contributed by atoms with Gasteiger partial charge in [0.05, 0.1) is 10.7 Å². The number of nitrogens with zero attached hydrogens (tertiary/aromatic N) is 3. The molecule has 0 amide bonds. The summed E-state index contributed by atoms with van der Waals surface area (Å²) in [6.07, 6.45) is 0.971. The highest BCUT2D eigenvalue weighted by Gasteiger charge is 2.17. The predicted molar refractivity (Wildman–Crippen MR) is 55.9 cm³/mol. The maximum Gasteiger partial charge on any atom is 0.356 e. The molecular weight excluding hydrogens is 300 g/mol. The summed E-state index contributed by atoms with van der Waals surface area (Å²) in [5.74, 6) is -3.03. The van der Waals surface area contributed by atoms with E-state index in [-0.39, 0.29) is 15.9 Å². The Morgan fingerprint density at radius 2 is 2.06 bits per heavy atom. The highest BCUT2D eigenvalue weighted by molar-refractivity contribution is 9.10. The van der Waals surface area contributed by atoms with Gasteiger partial charge in [-0.3, -0.25) is 0 Å². The van der Waals surface area contributed by atoms with Crippen LogP contribution in [0.4, 0.5) is 8.78 Å². The van der Waals surface area contributed by atoms with Crippen LogP contribution < -0.4 is 0 Å². The Kier molecular flexibility index (Phi) is 2.88. The van der Waals surface area contributed by atoms with Gasteiger partial charge in [-0.1, -0.05) is 5.21 Å². The third-order valence-corrected chi connectivity index (χ3v) is 2.59. The maximum atomic E-state index is 13.5. The summed E-state index contributed by atoms with van der Waals surface area (Å²) in [5, 5.41) is 15.6. The molecule has 0 atom stereocenters. The summed E-state index contributed by atoms with van der Waals surface area (Å²) in [7, 11) is 0. The predicted octanol–water partition coefficient (Wildman–Crippen LogP) is 2.01. The second kappa shape index (κ2) is 4.21. The average molecular weight is 304 g/mol. The molecule has 17 heavy (non-hydrogen) atoms. The first kappa shape index (κ1) is 11.6. The Balaban J connectivity index is 2.64. The van der Waals surface area contributed by atoms with Gasteiger partial charge in [0.15, 0.2) is 11.5 Å². The third kappa shape index (κ3) is 2.03. The first-order valence-corrected chi connectivity index (χ1v) is 5.09. The summed E-state index contributed by atoms with van der Waals surface area (Å²) in [4.78, 5) is 10.8. The van der Waals surface area contributed by atoms with Crippen LogP contribution in [0.3, 0.4) is 0 Å².